The fourth-order valence-corrected chi connectivity index (χ4v) is 3.05. The molecule has 0 spiro atoms. The number of rotatable bonds is 2. The zero-order valence-electron chi connectivity index (χ0n) is 11.1. The SMILES string of the molecule is C[C@@H]1C[C@@H](C)CN(C(=O)[C@H](C)n2cc(Br)cn2)C1. The molecule has 1 aromatic rings. The zero-order chi connectivity index (χ0) is 13.3. The fraction of sp³-hybridized carbons (Fsp3) is 0.692. The minimum atomic E-state index is -0.228. The van der Waals surface area contributed by atoms with E-state index in [4.69, 9.17) is 0 Å². The predicted octanol–water partition coefficient (Wildman–Crippen LogP) is 2.71. The van der Waals surface area contributed by atoms with Crippen LogP contribution in [0.1, 0.15) is 33.2 Å². The lowest BCUT2D eigenvalue weighted by atomic mass is 9.91. The minimum Gasteiger partial charge on any atom is -0.340 e. The first kappa shape index (κ1) is 13.6. The third-order valence-electron chi connectivity index (χ3n) is 3.50. The van der Waals surface area contributed by atoms with E-state index in [2.05, 4.69) is 34.9 Å². The van der Waals surface area contributed by atoms with Crippen molar-refractivity contribution in [1.29, 1.82) is 0 Å². The van der Waals surface area contributed by atoms with Gasteiger partial charge in [0.05, 0.1) is 10.7 Å². The second kappa shape index (κ2) is 5.43. The summed E-state index contributed by atoms with van der Waals surface area (Å²) in [5, 5.41) is 4.19. The molecule has 4 nitrogen and oxygen atoms in total. The summed E-state index contributed by atoms with van der Waals surface area (Å²) in [6.07, 6.45) is 4.77. The Morgan fingerprint density at radius 2 is 2.06 bits per heavy atom. The van der Waals surface area contributed by atoms with Gasteiger partial charge in [-0.05, 0) is 41.1 Å². The maximum absolute atomic E-state index is 12.4. The van der Waals surface area contributed by atoms with E-state index in [0.29, 0.717) is 11.8 Å². The van der Waals surface area contributed by atoms with Crippen molar-refractivity contribution in [2.24, 2.45) is 11.8 Å². The summed E-state index contributed by atoms with van der Waals surface area (Å²) in [6.45, 7) is 8.08. The van der Waals surface area contributed by atoms with Gasteiger partial charge in [0.25, 0.3) is 0 Å². The van der Waals surface area contributed by atoms with E-state index in [1.807, 2.05) is 18.0 Å². The highest BCUT2D eigenvalue weighted by Crippen LogP contribution is 2.23. The van der Waals surface area contributed by atoms with Crippen molar-refractivity contribution in [3.63, 3.8) is 0 Å². The van der Waals surface area contributed by atoms with Gasteiger partial charge < -0.3 is 4.90 Å². The van der Waals surface area contributed by atoms with E-state index in [1.54, 1.807) is 10.9 Å². The van der Waals surface area contributed by atoms with Crippen LogP contribution in [0.5, 0.6) is 0 Å². The Morgan fingerprint density at radius 3 is 2.56 bits per heavy atom. The molecule has 0 bridgehead atoms. The number of carbonyl (C=O) groups excluding carboxylic acids is 1. The van der Waals surface area contributed by atoms with Crippen molar-refractivity contribution in [1.82, 2.24) is 14.7 Å². The van der Waals surface area contributed by atoms with Crippen molar-refractivity contribution < 1.29 is 4.79 Å². The van der Waals surface area contributed by atoms with Gasteiger partial charge in [0.1, 0.15) is 6.04 Å². The van der Waals surface area contributed by atoms with Crippen LogP contribution >= 0.6 is 15.9 Å². The zero-order valence-corrected chi connectivity index (χ0v) is 12.7. The van der Waals surface area contributed by atoms with Gasteiger partial charge in [0, 0.05) is 19.3 Å². The summed E-state index contributed by atoms with van der Waals surface area (Å²) in [4.78, 5) is 14.4. The van der Waals surface area contributed by atoms with E-state index >= 15 is 0 Å². The summed E-state index contributed by atoms with van der Waals surface area (Å²) in [6, 6.07) is -0.228. The highest BCUT2D eigenvalue weighted by molar-refractivity contribution is 9.10. The van der Waals surface area contributed by atoms with Crippen LogP contribution in [0.4, 0.5) is 0 Å². The van der Waals surface area contributed by atoms with Crippen LogP contribution in [-0.4, -0.2) is 33.7 Å². The van der Waals surface area contributed by atoms with Crippen LogP contribution in [-0.2, 0) is 4.79 Å². The number of hydrogen-bond acceptors (Lipinski definition) is 2. The Morgan fingerprint density at radius 1 is 1.44 bits per heavy atom. The number of carbonyl (C=O) groups is 1. The minimum absolute atomic E-state index is 0.170. The highest BCUT2D eigenvalue weighted by Gasteiger charge is 2.29. The molecule has 0 aliphatic carbocycles. The standard InChI is InChI=1S/C13H20BrN3O/c1-9-4-10(2)7-16(6-9)13(18)11(3)17-8-12(14)5-15-17/h5,8-11H,4,6-7H2,1-3H3/t9-,10-,11+/m1/s1. The molecule has 100 valence electrons. The summed E-state index contributed by atoms with van der Waals surface area (Å²) < 4.78 is 2.62. The second-order valence-electron chi connectivity index (χ2n) is 5.50. The van der Waals surface area contributed by atoms with Crippen molar-refractivity contribution >= 4 is 21.8 Å². The smallest absolute Gasteiger partial charge is 0.247 e. The normalized spacial score (nSPS) is 26.1. The lowest BCUT2D eigenvalue weighted by Crippen LogP contribution is -2.45. The molecule has 2 rings (SSSR count). The van der Waals surface area contributed by atoms with Crippen LogP contribution in [0, 0.1) is 11.8 Å². The summed E-state index contributed by atoms with van der Waals surface area (Å²) in [5.41, 5.74) is 0. The van der Waals surface area contributed by atoms with Gasteiger partial charge in [-0.15, -0.1) is 0 Å². The third-order valence-corrected chi connectivity index (χ3v) is 3.91. The number of hydrogen-bond donors (Lipinski definition) is 0. The van der Waals surface area contributed by atoms with E-state index in [9.17, 15) is 4.79 Å². The molecule has 1 fully saturated rings. The Bertz CT molecular complexity index is 422. The van der Waals surface area contributed by atoms with E-state index in [-0.39, 0.29) is 11.9 Å². The first-order valence-corrected chi connectivity index (χ1v) is 7.25. The number of aromatic nitrogens is 2. The van der Waals surface area contributed by atoms with Gasteiger partial charge in [0.15, 0.2) is 0 Å². The lowest BCUT2D eigenvalue weighted by molar-refractivity contribution is -0.137. The first-order valence-electron chi connectivity index (χ1n) is 6.45. The molecular weight excluding hydrogens is 294 g/mol. The molecule has 1 amide bonds. The molecule has 0 saturated carbocycles. The maximum atomic E-state index is 12.4. The van der Waals surface area contributed by atoms with Gasteiger partial charge in [-0.3, -0.25) is 9.48 Å². The van der Waals surface area contributed by atoms with Crippen molar-refractivity contribution in [3.05, 3.63) is 16.9 Å². The molecule has 2 heterocycles. The molecular formula is C13H20BrN3O. The molecule has 0 unspecified atom stereocenters. The van der Waals surface area contributed by atoms with Crippen LogP contribution in [0.2, 0.25) is 0 Å². The van der Waals surface area contributed by atoms with E-state index in [0.717, 1.165) is 17.6 Å². The Balaban J connectivity index is 2.06. The largest absolute Gasteiger partial charge is 0.340 e. The second-order valence-corrected chi connectivity index (χ2v) is 6.42. The van der Waals surface area contributed by atoms with Gasteiger partial charge in [-0.25, -0.2) is 0 Å². The van der Waals surface area contributed by atoms with Crippen LogP contribution < -0.4 is 0 Å². The fourth-order valence-electron chi connectivity index (χ4n) is 2.75. The quantitative estimate of drug-likeness (QED) is 0.842. The molecule has 1 aromatic heterocycles. The molecule has 1 aliphatic rings. The number of likely N-dealkylation sites (tertiary alicyclic amines) is 1. The Kier molecular flexibility index (Phi) is 4.10. The molecule has 1 aliphatic heterocycles. The molecule has 0 aromatic carbocycles. The van der Waals surface area contributed by atoms with E-state index < -0.39 is 0 Å². The highest BCUT2D eigenvalue weighted by atomic mass is 79.9. The van der Waals surface area contributed by atoms with Gasteiger partial charge in [-0.1, -0.05) is 13.8 Å². The summed E-state index contributed by atoms with van der Waals surface area (Å²) >= 11 is 3.36. The topological polar surface area (TPSA) is 38.1 Å². The number of nitrogens with zero attached hydrogens (tertiary/aromatic N) is 3. The molecule has 0 radical (unpaired) electrons. The van der Waals surface area contributed by atoms with E-state index in [1.165, 1.54) is 6.42 Å². The van der Waals surface area contributed by atoms with Gasteiger partial charge in [0.2, 0.25) is 5.91 Å². The number of halogens is 1. The van der Waals surface area contributed by atoms with Crippen molar-refractivity contribution in [2.45, 2.75) is 33.2 Å². The lowest BCUT2D eigenvalue weighted by Gasteiger charge is -2.36. The van der Waals surface area contributed by atoms with Gasteiger partial charge >= 0.3 is 0 Å². The molecule has 18 heavy (non-hydrogen) atoms. The van der Waals surface area contributed by atoms with Crippen molar-refractivity contribution in [2.75, 3.05) is 13.1 Å². The average molecular weight is 314 g/mol. The predicted molar refractivity (Wildman–Crippen MR) is 74.2 cm³/mol. The first-order chi connectivity index (χ1) is 8.47. The third kappa shape index (κ3) is 2.94. The molecule has 0 N–H and O–H groups in total. The maximum Gasteiger partial charge on any atom is 0.247 e. The molecule has 3 atom stereocenters. The Labute approximate surface area is 116 Å². The molecule has 1 saturated heterocycles. The van der Waals surface area contributed by atoms with Crippen LogP contribution in [0.3, 0.4) is 0 Å². The number of piperidine rings is 1. The Hall–Kier alpha value is -0.840. The summed E-state index contributed by atoms with van der Waals surface area (Å²) in [5.74, 6) is 1.35. The molecule has 5 heteroatoms. The monoisotopic (exact) mass is 313 g/mol. The number of amides is 1. The van der Waals surface area contributed by atoms with Crippen molar-refractivity contribution in [3.8, 4) is 0 Å². The van der Waals surface area contributed by atoms with Crippen LogP contribution in [0.25, 0.3) is 0 Å². The van der Waals surface area contributed by atoms with Crippen LogP contribution in [0.15, 0.2) is 16.9 Å². The average Bonchev–Trinajstić information content (AvgIpc) is 2.72. The van der Waals surface area contributed by atoms with Gasteiger partial charge in [-0.2, -0.15) is 5.10 Å². The summed E-state index contributed by atoms with van der Waals surface area (Å²) in [7, 11) is 0.